The maximum Gasteiger partial charge on any atom is 0.515 e. The third-order valence-corrected chi connectivity index (χ3v) is 14.2. The van der Waals surface area contributed by atoms with E-state index in [0.29, 0.717) is 19.8 Å². The molecule has 0 aliphatic rings. The maximum atomic E-state index is 6.18. The Balaban J connectivity index is 3.23. The monoisotopic (exact) mass is 397 g/mol. The molecule has 0 heterocycles. The predicted octanol–water partition coefficient (Wildman–Crippen LogP) is 5.08. The van der Waals surface area contributed by atoms with Gasteiger partial charge in [-0.05, 0) is 44.5 Å². The van der Waals surface area contributed by atoms with E-state index >= 15 is 0 Å². The zero-order chi connectivity index (χ0) is 19.5. The zero-order valence-corrected chi connectivity index (χ0v) is 19.7. The van der Waals surface area contributed by atoms with Gasteiger partial charge in [-0.15, -0.1) is 0 Å². The maximum absolute atomic E-state index is 6.18. The van der Waals surface area contributed by atoms with Gasteiger partial charge in [0.25, 0.3) is 0 Å². The standard InChI is InChI=1S/C20H39NO3Si2/c1-7-22-26(23-8-2,24-9-3)19-21(25(10-4,11-5)12-6)18-20-16-14-13-15-17-20/h13-17H,7-12,18-19H2,1-6H3. The van der Waals surface area contributed by atoms with Gasteiger partial charge in [0, 0.05) is 26.4 Å². The molecule has 1 rings (SSSR count). The molecule has 0 aliphatic carbocycles. The Morgan fingerprint density at radius 1 is 0.731 bits per heavy atom. The summed E-state index contributed by atoms with van der Waals surface area (Å²) < 4.78 is 21.3. The second-order valence-corrected chi connectivity index (χ2v) is 14.4. The van der Waals surface area contributed by atoms with Crippen molar-refractivity contribution in [1.29, 1.82) is 0 Å². The summed E-state index contributed by atoms with van der Waals surface area (Å²) in [6.07, 6.45) is 0.791. The summed E-state index contributed by atoms with van der Waals surface area (Å²) in [5.41, 5.74) is 1.35. The van der Waals surface area contributed by atoms with Gasteiger partial charge in [-0.25, -0.2) is 0 Å². The molecule has 0 saturated heterocycles. The lowest BCUT2D eigenvalue weighted by Gasteiger charge is -2.44. The predicted molar refractivity (Wildman–Crippen MR) is 115 cm³/mol. The second kappa shape index (κ2) is 12.1. The lowest BCUT2D eigenvalue weighted by Crippen LogP contribution is -2.62. The van der Waals surface area contributed by atoms with E-state index in [9.17, 15) is 0 Å². The Labute approximate surface area is 163 Å². The highest BCUT2D eigenvalue weighted by Crippen LogP contribution is 2.29. The third kappa shape index (κ3) is 6.28. The molecule has 0 radical (unpaired) electrons. The van der Waals surface area contributed by atoms with Crippen LogP contribution in [0.5, 0.6) is 0 Å². The number of nitrogens with zero attached hydrogens (tertiary/aromatic N) is 1. The summed E-state index contributed by atoms with van der Waals surface area (Å²) in [6, 6.07) is 14.5. The Morgan fingerprint density at radius 3 is 1.58 bits per heavy atom. The van der Waals surface area contributed by atoms with Crippen molar-refractivity contribution in [2.45, 2.75) is 66.2 Å². The highest BCUT2D eigenvalue weighted by Gasteiger charge is 2.47. The van der Waals surface area contributed by atoms with Crippen molar-refractivity contribution >= 4 is 17.0 Å². The number of rotatable bonds is 14. The fraction of sp³-hybridized carbons (Fsp3) is 0.700. The molecular formula is C20H39NO3Si2. The van der Waals surface area contributed by atoms with Crippen LogP contribution in [0.2, 0.25) is 18.1 Å². The van der Waals surface area contributed by atoms with Gasteiger partial charge < -0.3 is 17.8 Å². The van der Waals surface area contributed by atoms with Crippen molar-refractivity contribution < 1.29 is 13.3 Å². The summed E-state index contributed by atoms with van der Waals surface area (Å²) in [7, 11) is -4.31. The second-order valence-electron chi connectivity index (χ2n) is 6.61. The number of hydrogen-bond acceptors (Lipinski definition) is 4. The van der Waals surface area contributed by atoms with Crippen LogP contribution in [-0.4, -0.2) is 47.6 Å². The van der Waals surface area contributed by atoms with Crippen LogP contribution in [0.3, 0.4) is 0 Å². The Kier molecular flexibility index (Phi) is 10.9. The molecule has 0 atom stereocenters. The molecule has 0 bridgehead atoms. The van der Waals surface area contributed by atoms with E-state index in [1.807, 2.05) is 20.8 Å². The van der Waals surface area contributed by atoms with Gasteiger partial charge in [0.05, 0.1) is 6.17 Å². The van der Waals surface area contributed by atoms with E-state index in [1.54, 1.807) is 0 Å². The van der Waals surface area contributed by atoms with E-state index in [-0.39, 0.29) is 0 Å². The molecule has 0 amide bonds. The molecule has 0 aromatic heterocycles. The molecule has 0 fully saturated rings. The fourth-order valence-corrected chi connectivity index (χ4v) is 11.5. The normalized spacial score (nSPS) is 12.7. The SMILES string of the molecule is CCO[Si](CN(Cc1ccccc1)[Si](CC)(CC)CC)(OCC)OCC. The van der Waals surface area contributed by atoms with E-state index < -0.39 is 17.0 Å². The third-order valence-electron chi connectivity index (χ3n) is 5.34. The quantitative estimate of drug-likeness (QED) is 0.410. The van der Waals surface area contributed by atoms with Gasteiger partial charge in [0.2, 0.25) is 0 Å². The molecule has 0 unspecified atom stereocenters. The van der Waals surface area contributed by atoms with Crippen LogP contribution in [-0.2, 0) is 19.8 Å². The van der Waals surface area contributed by atoms with Gasteiger partial charge >= 0.3 is 8.80 Å². The average Bonchev–Trinajstić information content (AvgIpc) is 2.65. The van der Waals surface area contributed by atoms with E-state index in [0.717, 1.165) is 12.7 Å². The Bertz CT molecular complexity index is 458. The molecule has 0 N–H and O–H groups in total. The van der Waals surface area contributed by atoms with Crippen LogP contribution in [0.15, 0.2) is 30.3 Å². The highest BCUT2D eigenvalue weighted by atomic mass is 28.4. The molecule has 150 valence electrons. The molecule has 1 aromatic carbocycles. The molecule has 6 heteroatoms. The minimum absolute atomic E-state index is 0.629. The van der Waals surface area contributed by atoms with Crippen molar-refractivity contribution in [2.75, 3.05) is 26.0 Å². The van der Waals surface area contributed by atoms with Crippen LogP contribution >= 0.6 is 0 Å². The van der Waals surface area contributed by atoms with Gasteiger partial charge in [0.1, 0.15) is 8.24 Å². The van der Waals surface area contributed by atoms with Gasteiger partial charge in [-0.3, -0.25) is 0 Å². The van der Waals surface area contributed by atoms with Crippen LogP contribution < -0.4 is 0 Å². The number of hydrogen-bond donors (Lipinski definition) is 0. The van der Waals surface area contributed by atoms with Gasteiger partial charge in [0.15, 0.2) is 0 Å². The Morgan fingerprint density at radius 2 is 1.19 bits per heavy atom. The summed E-state index contributed by atoms with van der Waals surface area (Å²) in [5.74, 6) is 0. The molecular weight excluding hydrogens is 358 g/mol. The highest BCUT2D eigenvalue weighted by molar-refractivity contribution is 6.78. The minimum atomic E-state index is -2.71. The number of benzene rings is 1. The smallest absolute Gasteiger partial charge is 0.373 e. The molecule has 0 saturated carbocycles. The first-order chi connectivity index (χ1) is 12.5. The molecule has 0 aliphatic heterocycles. The summed E-state index contributed by atoms with van der Waals surface area (Å²) in [6.45, 7) is 16.0. The molecule has 26 heavy (non-hydrogen) atoms. The van der Waals surface area contributed by atoms with Crippen molar-refractivity contribution in [3.8, 4) is 0 Å². The van der Waals surface area contributed by atoms with Crippen LogP contribution in [0.25, 0.3) is 0 Å². The largest absolute Gasteiger partial charge is 0.515 e. The summed E-state index contributed by atoms with van der Waals surface area (Å²) >= 11 is 0. The van der Waals surface area contributed by atoms with E-state index in [1.165, 1.54) is 23.7 Å². The van der Waals surface area contributed by atoms with Gasteiger partial charge in [-0.1, -0.05) is 51.1 Å². The van der Waals surface area contributed by atoms with Crippen LogP contribution in [0.1, 0.15) is 47.1 Å². The lowest BCUT2D eigenvalue weighted by molar-refractivity contribution is 0.0628. The summed E-state index contributed by atoms with van der Waals surface area (Å²) in [4.78, 5) is 0. The van der Waals surface area contributed by atoms with Crippen molar-refractivity contribution in [2.24, 2.45) is 0 Å². The first kappa shape index (κ1) is 23.5. The van der Waals surface area contributed by atoms with Crippen LogP contribution in [0, 0.1) is 0 Å². The fourth-order valence-electron chi connectivity index (χ4n) is 3.77. The molecule has 4 nitrogen and oxygen atoms in total. The van der Waals surface area contributed by atoms with Crippen LogP contribution in [0.4, 0.5) is 0 Å². The topological polar surface area (TPSA) is 30.9 Å². The first-order valence-electron chi connectivity index (χ1n) is 10.3. The van der Waals surface area contributed by atoms with Crippen molar-refractivity contribution in [1.82, 2.24) is 4.57 Å². The van der Waals surface area contributed by atoms with Crippen molar-refractivity contribution in [3.05, 3.63) is 35.9 Å². The zero-order valence-electron chi connectivity index (χ0n) is 17.7. The molecule has 0 spiro atoms. The van der Waals surface area contributed by atoms with E-state index in [4.69, 9.17) is 13.3 Å². The lowest BCUT2D eigenvalue weighted by atomic mass is 10.2. The Hall–Kier alpha value is -0.506. The van der Waals surface area contributed by atoms with E-state index in [2.05, 4.69) is 55.7 Å². The molecule has 1 aromatic rings. The summed E-state index contributed by atoms with van der Waals surface area (Å²) in [5, 5.41) is 0. The minimum Gasteiger partial charge on any atom is -0.373 e. The first-order valence-corrected chi connectivity index (χ1v) is 14.8. The average molecular weight is 398 g/mol. The van der Waals surface area contributed by atoms with Gasteiger partial charge in [-0.2, -0.15) is 0 Å². The van der Waals surface area contributed by atoms with Crippen molar-refractivity contribution in [3.63, 3.8) is 0 Å².